The van der Waals surface area contributed by atoms with Gasteiger partial charge in [-0.25, -0.2) is 0 Å². The van der Waals surface area contributed by atoms with Crippen LogP contribution in [0.1, 0.15) is 23.2 Å². The molecule has 1 aromatic carbocycles. The number of hydrogen-bond donors (Lipinski definition) is 1. The number of benzene rings is 1. The largest absolute Gasteiger partial charge is 0.338 e. The van der Waals surface area contributed by atoms with Gasteiger partial charge in [-0.15, -0.1) is 12.4 Å². The third-order valence-corrected chi connectivity index (χ3v) is 5.69. The molecule has 1 saturated carbocycles. The number of halogens is 2. The molecule has 3 unspecified atom stereocenters. The third-order valence-electron chi connectivity index (χ3n) is 5.36. The molecule has 0 radical (unpaired) electrons. The Morgan fingerprint density at radius 2 is 2.04 bits per heavy atom. The highest BCUT2D eigenvalue weighted by molar-refractivity contribution is 6.34. The van der Waals surface area contributed by atoms with Crippen molar-refractivity contribution in [2.75, 3.05) is 13.1 Å². The minimum Gasteiger partial charge on any atom is -0.338 e. The summed E-state index contributed by atoms with van der Waals surface area (Å²) in [5.74, 6) is 0.979. The van der Waals surface area contributed by atoms with Gasteiger partial charge in [0.25, 0.3) is 5.91 Å². The summed E-state index contributed by atoms with van der Waals surface area (Å²) in [7, 11) is 0. The van der Waals surface area contributed by atoms with Crippen molar-refractivity contribution < 1.29 is 4.79 Å². The molecular weight excluding hydrogens is 357 g/mol. The predicted octanol–water partition coefficient (Wildman–Crippen LogP) is 3.63. The van der Waals surface area contributed by atoms with Crippen LogP contribution >= 0.6 is 24.0 Å². The Bertz CT molecular complexity index is 769. The van der Waals surface area contributed by atoms with Gasteiger partial charge >= 0.3 is 0 Å². The van der Waals surface area contributed by atoms with E-state index in [1.807, 2.05) is 35.2 Å². The van der Waals surface area contributed by atoms with Crippen LogP contribution in [0.4, 0.5) is 0 Å². The molecule has 2 aliphatic rings. The van der Waals surface area contributed by atoms with E-state index in [4.69, 9.17) is 17.3 Å². The molecule has 4 rings (SSSR count). The van der Waals surface area contributed by atoms with E-state index in [2.05, 4.69) is 4.98 Å². The second-order valence-corrected chi connectivity index (χ2v) is 7.19. The average molecular weight is 378 g/mol. The fourth-order valence-electron chi connectivity index (χ4n) is 4.03. The summed E-state index contributed by atoms with van der Waals surface area (Å²) in [6.07, 6.45) is 3.94. The molecule has 0 spiro atoms. The minimum atomic E-state index is -0.000573. The van der Waals surface area contributed by atoms with E-state index in [1.54, 1.807) is 12.3 Å². The van der Waals surface area contributed by atoms with E-state index >= 15 is 0 Å². The van der Waals surface area contributed by atoms with Crippen LogP contribution < -0.4 is 5.73 Å². The molecule has 0 bridgehead atoms. The average Bonchev–Trinajstić information content (AvgIpc) is 3.18. The third kappa shape index (κ3) is 3.39. The molecule has 1 aliphatic carbocycles. The highest BCUT2D eigenvalue weighted by atomic mass is 35.5. The van der Waals surface area contributed by atoms with Gasteiger partial charge < -0.3 is 10.6 Å². The zero-order valence-corrected chi connectivity index (χ0v) is 15.3. The number of fused-ring (bicyclic) bond motifs is 1. The molecule has 1 aliphatic heterocycles. The Hall–Kier alpha value is -1.62. The lowest BCUT2D eigenvalue weighted by atomic mass is 9.98. The minimum absolute atomic E-state index is 0. The van der Waals surface area contributed by atoms with Crippen molar-refractivity contribution in [3.63, 3.8) is 0 Å². The van der Waals surface area contributed by atoms with Crippen molar-refractivity contribution in [2.45, 2.75) is 18.9 Å². The van der Waals surface area contributed by atoms with Crippen LogP contribution in [0.5, 0.6) is 0 Å². The first-order valence-corrected chi connectivity index (χ1v) is 8.77. The van der Waals surface area contributed by atoms with Crippen LogP contribution in [-0.2, 0) is 0 Å². The van der Waals surface area contributed by atoms with Gasteiger partial charge in [0.1, 0.15) is 0 Å². The maximum Gasteiger partial charge on any atom is 0.255 e. The first-order chi connectivity index (χ1) is 11.6. The lowest BCUT2D eigenvalue weighted by Gasteiger charge is -2.20. The van der Waals surface area contributed by atoms with Gasteiger partial charge in [0.2, 0.25) is 0 Å². The number of pyridine rings is 1. The Morgan fingerprint density at radius 1 is 1.20 bits per heavy atom. The van der Waals surface area contributed by atoms with Crippen LogP contribution in [0.2, 0.25) is 5.02 Å². The molecular formula is C19H21Cl2N3O. The molecule has 4 nitrogen and oxygen atoms in total. The van der Waals surface area contributed by atoms with E-state index < -0.39 is 0 Å². The van der Waals surface area contributed by atoms with Gasteiger partial charge in [0, 0.05) is 30.9 Å². The number of hydrogen-bond acceptors (Lipinski definition) is 3. The number of nitrogens with zero attached hydrogens (tertiary/aromatic N) is 2. The first-order valence-electron chi connectivity index (χ1n) is 8.39. The Morgan fingerprint density at radius 3 is 2.76 bits per heavy atom. The number of nitrogens with two attached hydrogens (primary N) is 1. The number of likely N-dealkylation sites (tertiary alicyclic amines) is 1. The van der Waals surface area contributed by atoms with Crippen molar-refractivity contribution >= 4 is 29.9 Å². The predicted molar refractivity (Wildman–Crippen MR) is 102 cm³/mol. The Balaban J connectivity index is 0.00000182. The Kier molecular flexibility index (Phi) is 5.32. The second-order valence-electron chi connectivity index (χ2n) is 6.78. The molecule has 2 N–H and O–H groups in total. The van der Waals surface area contributed by atoms with Crippen LogP contribution in [0.3, 0.4) is 0 Å². The number of rotatable bonds is 2. The summed E-state index contributed by atoms with van der Waals surface area (Å²) < 4.78 is 0. The summed E-state index contributed by atoms with van der Waals surface area (Å²) in [5, 5.41) is 0.487. The maximum atomic E-state index is 13.0. The van der Waals surface area contributed by atoms with Gasteiger partial charge in [-0.05, 0) is 48.9 Å². The molecule has 132 valence electrons. The first kappa shape index (κ1) is 18.2. The quantitative estimate of drug-likeness (QED) is 0.868. The lowest BCUT2D eigenvalue weighted by Crippen LogP contribution is -2.33. The maximum absolute atomic E-state index is 13.0. The number of carbonyl (C=O) groups excluding carboxylic acids is 1. The highest BCUT2D eigenvalue weighted by Crippen LogP contribution is 2.38. The fraction of sp³-hybridized carbons (Fsp3) is 0.368. The molecule has 1 aromatic heterocycles. The number of aromatic nitrogens is 1. The highest BCUT2D eigenvalue weighted by Gasteiger charge is 2.42. The SMILES string of the molecule is Cl.NC1CCC2CN(C(=O)c3cc(-c4ccccn4)ccc3Cl)CC12. The summed E-state index contributed by atoms with van der Waals surface area (Å²) in [6, 6.07) is 11.5. The molecule has 2 heterocycles. The fourth-order valence-corrected chi connectivity index (χ4v) is 4.22. The molecule has 1 saturated heterocycles. The number of carbonyl (C=O) groups is 1. The molecule has 6 heteroatoms. The normalized spacial score (nSPS) is 24.7. The summed E-state index contributed by atoms with van der Waals surface area (Å²) >= 11 is 6.31. The van der Waals surface area contributed by atoms with Crippen molar-refractivity contribution in [1.82, 2.24) is 9.88 Å². The van der Waals surface area contributed by atoms with E-state index in [1.165, 1.54) is 0 Å². The molecule has 25 heavy (non-hydrogen) atoms. The van der Waals surface area contributed by atoms with Crippen LogP contribution in [0, 0.1) is 11.8 Å². The van der Waals surface area contributed by atoms with Crippen molar-refractivity contribution in [3.05, 3.63) is 53.2 Å². The van der Waals surface area contributed by atoms with E-state index in [0.717, 1.165) is 37.2 Å². The van der Waals surface area contributed by atoms with Crippen LogP contribution in [-0.4, -0.2) is 34.9 Å². The summed E-state index contributed by atoms with van der Waals surface area (Å²) in [4.78, 5) is 19.2. The molecule has 2 fully saturated rings. The molecule has 2 aromatic rings. The van der Waals surface area contributed by atoms with E-state index in [0.29, 0.717) is 22.4 Å². The van der Waals surface area contributed by atoms with E-state index in [-0.39, 0.29) is 24.4 Å². The summed E-state index contributed by atoms with van der Waals surface area (Å²) in [6.45, 7) is 1.54. The zero-order chi connectivity index (χ0) is 16.7. The van der Waals surface area contributed by atoms with Gasteiger partial charge in [0.15, 0.2) is 0 Å². The van der Waals surface area contributed by atoms with Gasteiger partial charge in [0.05, 0.1) is 16.3 Å². The van der Waals surface area contributed by atoms with Gasteiger partial charge in [-0.1, -0.05) is 23.7 Å². The monoisotopic (exact) mass is 377 g/mol. The second kappa shape index (κ2) is 7.32. The van der Waals surface area contributed by atoms with Gasteiger partial charge in [-0.2, -0.15) is 0 Å². The van der Waals surface area contributed by atoms with Gasteiger partial charge in [-0.3, -0.25) is 9.78 Å². The zero-order valence-electron chi connectivity index (χ0n) is 13.8. The number of amides is 1. The van der Waals surface area contributed by atoms with E-state index in [9.17, 15) is 4.79 Å². The lowest BCUT2D eigenvalue weighted by molar-refractivity contribution is 0.0780. The van der Waals surface area contributed by atoms with Crippen molar-refractivity contribution in [2.24, 2.45) is 17.6 Å². The molecule has 1 amide bonds. The van der Waals surface area contributed by atoms with Crippen LogP contribution in [0.15, 0.2) is 42.6 Å². The summed E-state index contributed by atoms with van der Waals surface area (Å²) in [5.41, 5.74) is 8.47. The smallest absolute Gasteiger partial charge is 0.255 e. The van der Waals surface area contributed by atoms with Crippen LogP contribution in [0.25, 0.3) is 11.3 Å². The Labute approximate surface area is 158 Å². The van der Waals surface area contributed by atoms with Crippen molar-refractivity contribution in [1.29, 1.82) is 0 Å². The topological polar surface area (TPSA) is 59.2 Å². The van der Waals surface area contributed by atoms with Crippen molar-refractivity contribution in [3.8, 4) is 11.3 Å². The molecule has 3 atom stereocenters. The standard InChI is InChI=1S/C19H20ClN3O.ClH/c20-16-6-4-12(18-3-1-2-8-22-18)9-14(16)19(24)23-10-13-5-7-17(21)15(13)11-23;/h1-4,6,8-9,13,15,17H,5,7,10-11,21H2;1H.